The number of halogens is 1. The van der Waals surface area contributed by atoms with Crippen molar-refractivity contribution in [2.45, 2.75) is 51.5 Å². The van der Waals surface area contributed by atoms with Gasteiger partial charge in [0, 0.05) is 31.0 Å². The molecule has 1 fully saturated rings. The molecule has 26 heavy (non-hydrogen) atoms. The molecule has 1 aliphatic heterocycles. The maximum absolute atomic E-state index is 12.0. The van der Waals surface area contributed by atoms with E-state index in [1.54, 1.807) is 0 Å². The third-order valence-corrected chi connectivity index (χ3v) is 4.53. The molecule has 1 atom stereocenters. The maximum Gasteiger partial charge on any atom is 0.227 e. The van der Waals surface area contributed by atoms with E-state index in [1.807, 2.05) is 12.1 Å². The van der Waals surface area contributed by atoms with E-state index in [0.717, 1.165) is 31.5 Å². The number of hydrogen-bond donors (Lipinski definition) is 2. The Bertz CT molecular complexity index is 694. The summed E-state index contributed by atoms with van der Waals surface area (Å²) in [4.78, 5) is 16.4. The molecule has 0 spiro atoms. The van der Waals surface area contributed by atoms with Gasteiger partial charge in [-0.2, -0.15) is 4.98 Å². The molecule has 1 aliphatic rings. The fraction of sp³-hybridized carbons (Fsp3) is 0.526. The van der Waals surface area contributed by atoms with E-state index in [2.05, 4.69) is 46.8 Å². The molecule has 2 N–H and O–H groups in total. The Hall–Kier alpha value is -1.92. The molecule has 1 amide bonds. The molecule has 0 saturated carbocycles. The van der Waals surface area contributed by atoms with Gasteiger partial charge in [0.2, 0.25) is 17.6 Å². The predicted molar refractivity (Wildman–Crippen MR) is 103 cm³/mol. The van der Waals surface area contributed by atoms with E-state index >= 15 is 0 Å². The van der Waals surface area contributed by atoms with E-state index < -0.39 is 0 Å². The van der Waals surface area contributed by atoms with Crippen molar-refractivity contribution in [2.24, 2.45) is 0 Å². The summed E-state index contributed by atoms with van der Waals surface area (Å²) in [5, 5.41) is 10.4. The SMILES string of the molecule is CC(C)c1ccc(-c2noc(CCC(=O)NC3CCCNC3)n2)cc1.Cl. The quantitative estimate of drug-likeness (QED) is 0.807. The molecule has 1 aromatic heterocycles. The van der Waals surface area contributed by atoms with E-state index in [0.29, 0.717) is 30.5 Å². The summed E-state index contributed by atoms with van der Waals surface area (Å²) in [5.74, 6) is 1.60. The van der Waals surface area contributed by atoms with Crippen LogP contribution in [-0.4, -0.2) is 35.2 Å². The van der Waals surface area contributed by atoms with Gasteiger partial charge in [0.15, 0.2) is 0 Å². The molecular weight excluding hydrogens is 352 g/mol. The van der Waals surface area contributed by atoms with E-state index in [-0.39, 0.29) is 24.4 Å². The van der Waals surface area contributed by atoms with Crippen molar-refractivity contribution in [1.29, 1.82) is 0 Å². The lowest BCUT2D eigenvalue weighted by Crippen LogP contribution is -2.45. The van der Waals surface area contributed by atoms with Crippen LogP contribution in [0.25, 0.3) is 11.4 Å². The normalized spacial score (nSPS) is 17.0. The van der Waals surface area contributed by atoms with Crippen molar-refractivity contribution in [2.75, 3.05) is 13.1 Å². The van der Waals surface area contributed by atoms with Crippen LogP contribution < -0.4 is 10.6 Å². The van der Waals surface area contributed by atoms with Crippen LogP contribution in [0.15, 0.2) is 28.8 Å². The van der Waals surface area contributed by atoms with Gasteiger partial charge in [0.25, 0.3) is 0 Å². The molecule has 0 radical (unpaired) electrons. The minimum atomic E-state index is 0. The number of amides is 1. The molecule has 6 nitrogen and oxygen atoms in total. The van der Waals surface area contributed by atoms with Gasteiger partial charge in [-0.05, 0) is 30.9 Å². The first-order chi connectivity index (χ1) is 12.1. The number of nitrogens with zero attached hydrogens (tertiary/aromatic N) is 2. The van der Waals surface area contributed by atoms with Gasteiger partial charge < -0.3 is 15.2 Å². The minimum absolute atomic E-state index is 0. The molecule has 2 aromatic rings. The Morgan fingerprint density at radius 1 is 1.35 bits per heavy atom. The fourth-order valence-electron chi connectivity index (χ4n) is 2.99. The number of benzene rings is 1. The number of piperidine rings is 1. The molecule has 0 bridgehead atoms. The number of hydrogen-bond acceptors (Lipinski definition) is 5. The number of carbonyl (C=O) groups excluding carboxylic acids is 1. The molecule has 0 aliphatic carbocycles. The van der Waals surface area contributed by atoms with E-state index in [1.165, 1.54) is 5.56 Å². The van der Waals surface area contributed by atoms with Crippen molar-refractivity contribution in [3.05, 3.63) is 35.7 Å². The minimum Gasteiger partial charge on any atom is -0.352 e. The maximum atomic E-state index is 12.0. The van der Waals surface area contributed by atoms with Gasteiger partial charge in [-0.15, -0.1) is 12.4 Å². The lowest BCUT2D eigenvalue weighted by atomic mass is 10.0. The van der Waals surface area contributed by atoms with Crippen LogP contribution >= 0.6 is 12.4 Å². The zero-order valence-corrected chi connectivity index (χ0v) is 16.1. The standard InChI is InChI=1S/C19H26N4O2.ClH/c1-13(2)14-5-7-15(8-6-14)19-22-18(25-23-19)10-9-17(24)21-16-4-3-11-20-12-16;/h5-8,13,16,20H,3-4,9-12H2,1-2H3,(H,21,24);1H. The van der Waals surface area contributed by atoms with Gasteiger partial charge in [-0.1, -0.05) is 43.3 Å². The van der Waals surface area contributed by atoms with Gasteiger partial charge in [0.1, 0.15) is 0 Å². The van der Waals surface area contributed by atoms with Crippen molar-refractivity contribution >= 4 is 18.3 Å². The Kier molecular flexibility index (Phi) is 7.60. The average Bonchev–Trinajstić information content (AvgIpc) is 3.10. The second-order valence-corrected chi connectivity index (χ2v) is 6.90. The molecule has 1 unspecified atom stereocenters. The van der Waals surface area contributed by atoms with Gasteiger partial charge in [-0.3, -0.25) is 4.79 Å². The molecule has 3 rings (SSSR count). The summed E-state index contributed by atoms with van der Waals surface area (Å²) in [6.45, 7) is 6.21. The number of aryl methyl sites for hydroxylation is 1. The van der Waals surface area contributed by atoms with Crippen LogP contribution in [0.2, 0.25) is 0 Å². The van der Waals surface area contributed by atoms with Crippen LogP contribution in [0, 0.1) is 0 Å². The second kappa shape index (κ2) is 9.69. The predicted octanol–water partition coefficient (Wildman–Crippen LogP) is 3.08. The highest BCUT2D eigenvalue weighted by atomic mass is 35.5. The molecule has 1 saturated heterocycles. The highest BCUT2D eigenvalue weighted by molar-refractivity contribution is 5.85. The first-order valence-electron chi connectivity index (χ1n) is 9.05. The molecule has 142 valence electrons. The van der Waals surface area contributed by atoms with E-state index in [4.69, 9.17) is 4.52 Å². The van der Waals surface area contributed by atoms with E-state index in [9.17, 15) is 4.79 Å². The second-order valence-electron chi connectivity index (χ2n) is 6.90. The zero-order chi connectivity index (χ0) is 17.6. The summed E-state index contributed by atoms with van der Waals surface area (Å²) >= 11 is 0. The molecule has 2 heterocycles. The Balaban J connectivity index is 0.00000243. The molecule has 1 aromatic carbocycles. The first kappa shape index (κ1) is 20.4. The lowest BCUT2D eigenvalue weighted by Gasteiger charge is -2.23. The Morgan fingerprint density at radius 2 is 2.12 bits per heavy atom. The lowest BCUT2D eigenvalue weighted by molar-refractivity contribution is -0.121. The molecular formula is C19H27ClN4O2. The summed E-state index contributed by atoms with van der Waals surface area (Å²) < 4.78 is 5.28. The highest BCUT2D eigenvalue weighted by Crippen LogP contribution is 2.20. The first-order valence-corrected chi connectivity index (χ1v) is 9.05. The van der Waals surface area contributed by atoms with Crippen molar-refractivity contribution in [3.63, 3.8) is 0 Å². The summed E-state index contributed by atoms with van der Waals surface area (Å²) in [5.41, 5.74) is 2.21. The highest BCUT2D eigenvalue weighted by Gasteiger charge is 2.16. The van der Waals surface area contributed by atoms with Crippen LogP contribution in [0.1, 0.15) is 50.5 Å². The van der Waals surface area contributed by atoms with Crippen LogP contribution in [0.3, 0.4) is 0 Å². The van der Waals surface area contributed by atoms with Crippen LogP contribution in [0.5, 0.6) is 0 Å². The summed E-state index contributed by atoms with van der Waals surface area (Å²) in [6.07, 6.45) is 2.97. The summed E-state index contributed by atoms with van der Waals surface area (Å²) in [7, 11) is 0. The number of nitrogens with one attached hydrogen (secondary N) is 2. The average molecular weight is 379 g/mol. The Morgan fingerprint density at radius 3 is 2.77 bits per heavy atom. The third-order valence-electron chi connectivity index (χ3n) is 4.53. The zero-order valence-electron chi connectivity index (χ0n) is 15.3. The van der Waals surface area contributed by atoms with Crippen LogP contribution in [0.4, 0.5) is 0 Å². The largest absolute Gasteiger partial charge is 0.352 e. The fourth-order valence-corrected chi connectivity index (χ4v) is 2.99. The smallest absolute Gasteiger partial charge is 0.227 e. The number of aromatic nitrogens is 2. The van der Waals surface area contributed by atoms with Crippen molar-refractivity contribution in [1.82, 2.24) is 20.8 Å². The summed E-state index contributed by atoms with van der Waals surface area (Å²) in [6, 6.07) is 8.42. The topological polar surface area (TPSA) is 80.0 Å². The number of carbonyl (C=O) groups is 1. The third kappa shape index (κ3) is 5.54. The Labute approximate surface area is 160 Å². The molecule has 7 heteroatoms. The van der Waals surface area contributed by atoms with Gasteiger partial charge in [-0.25, -0.2) is 0 Å². The monoisotopic (exact) mass is 378 g/mol. The van der Waals surface area contributed by atoms with Crippen LogP contribution in [-0.2, 0) is 11.2 Å². The number of rotatable bonds is 6. The van der Waals surface area contributed by atoms with Crippen molar-refractivity contribution in [3.8, 4) is 11.4 Å². The van der Waals surface area contributed by atoms with Crippen molar-refractivity contribution < 1.29 is 9.32 Å². The van der Waals surface area contributed by atoms with Gasteiger partial charge in [0.05, 0.1) is 0 Å². The van der Waals surface area contributed by atoms with Gasteiger partial charge >= 0.3 is 0 Å².